The molecule has 0 amide bonds. The van der Waals surface area contributed by atoms with Crippen molar-refractivity contribution in [3.8, 4) is 0 Å². The SMILES string of the molecule is Fc1ccccc1C=Nc1cccc(C2=NN(c3ccccc3)C(c3ccc(Br)cc3)C2)c1. The minimum atomic E-state index is -0.284. The molecule has 1 atom stereocenters. The van der Waals surface area contributed by atoms with Crippen LogP contribution in [-0.4, -0.2) is 11.9 Å². The van der Waals surface area contributed by atoms with Crippen molar-refractivity contribution in [1.29, 1.82) is 0 Å². The van der Waals surface area contributed by atoms with Crippen LogP contribution in [0.5, 0.6) is 0 Å². The van der Waals surface area contributed by atoms with Gasteiger partial charge in [-0.25, -0.2) is 4.39 Å². The van der Waals surface area contributed by atoms with Crippen LogP contribution < -0.4 is 5.01 Å². The van der Waals surface area contributed by atoms with Crippen molar-refractivity contribution < 1.29 is 4.39 Å². The number of rotatable bonds is 5. The van der Waals surface area contributed by atoms with E-state index < -0.39 is 0 Å². The van der Waals surface area contributed by atoms with E-state index in [1.807, 2.05) is 42.5 Å². The van der Waals surface area contributed by atoms with Gasteiger partial charge >= 0.3 is 0 Å². The molecule has 0 saturated heterocycles. The van der Waals surface area contributed by atoms with Crippen LogP contribution >= 0.6 is 15.9 Å². The lowest BCUT2D eigenvalue weighted by Crippen LogP contribution is -2.18. The predicted octanol–water partition coefficient (Wildman–Crippen LogP) is 7.69. The molecule has 0 N–H and O–H groups in total. The van der Waals surface area contributed by atoms with E-state index in [-0.39, 0.29) is 11.9 Å². The van der Waals surface area contributed by atoms with Crippen molar-refractivity contribution in [2.24, 2.45) is 10.1 Å². The molecule has 1 heterocycles. The maximum atomic E-state index is 13.9. The van der Waals surface area contributed by atoms with Crippen LogP contribution in [0.15, 0.2) is 118 Å². The first-order valence-electron chi connectivity index (χ1n) is 10.7. The summed E-state index contributed by atoms with van der Waals surface area (Å²) in [7, 11) is 0. The van der Waals surface area contributed by atoms with Gasteiger partial charge in [0.1, 0.15) is 5.82 Å². The molecule has 0 spiro atoms. The fourth-order valence-corrected chi connectivity index (χ4v) is 4.20. The van der Waals surface area contributed by atoms with Gasteiger partial charge in [-0.3, -0.25) is 10.0 Å². The lowest BCUT2D eigenvalue weighted by Gasteiger charge is -2.24. The van der Waals surface area contributed by atoms with Crippen LogP contribution in [0.4, 0.5) is 15.8 Å². The fraction of sp³-hybridized carbons (Fsp3) is 0.0714. The van der Waals surface area contributed by atoms with Crippen LogP contribution in [0.3, 0.4) is 0 Å². The minimum Gasteiger partial charge on any atom is -0.257 e. The van der Waals surface area contributed by atoms with Crippen LogP contribution in [0.25, 0.3) is 0 Å². The highest BCUT2D eigenvalue weighted by Crippen LogP contribution is 2.37. The lowest BCUT2D eigenvalue weighted by molar-refractivity contribution is 0.626. The normalized spacial score (nSPS) is 15.8. The van der Waals surface area contributed by atoms with Gasteiger partial charge in [-0.15, -0.1) is 0 Å². The van der Waals surface area contributed by atoms with Crippen LogP contribution in [0.1, 0.15) is 29.2 Å². The van der Waals surface area contributed by atoms with Crippen molar-refractivity contribution in [3.63, 3.8) is 0 Å². The van der Waals surface area contributed by atoms with Crippen molar-refractivity contribution in [2.45, 2.75) is 12.5 Å². The minimum absolute atomic E-state index is 0.0982. The summed E-state index contributed by atoms with van der Waals surface area (Å²) >= 11 is 3.53. The molecule has 0 bridgehead atoms. The largest absolute Gasteiger partial charge is 0.257 e. The van der Waals surface area contributed by atoms with E-state index >= 15 is 0 Å². The number of hydrogen-bond acceptors (Lipinski definition) is 3. The van der Waals surface area contributed by atoms with Crippen molar-refractivity contribution in [2.75, 3.05) is 5.01 Å². The van der Waals surface area contributed by atoms with E-state index in [0.717, 1.165) is 33.5 Å². The number of aliphatic imine (C=N–C) groups is 1. The molecule has 4 aromatic rings. The molecule has 1 aliphatic rings. The summed E-state index contributed by atoms with van der Waals surface area (Å²) < 4.78 is 15.0. The van der Waals surface area contributed by atoms with Gasteiger partial charge in [0.2, 0.25) is 0 Å². The Morgan fingerprint density at radius 1 is 0.879 bits per heavy atom. The third kappa shape index (κ3) is 4.78. The number of para-hydroxylation sites is 1. The lowest BCUT2D eigenvalue weighted by atomic mass is 9.98. The molecule has 5 heteroatoms. The quantitative estimate of drug-likeness (QED) is 0.259. The number of halogens is 2. The maximum Gasteiger partial charge on any atom is 0.131 e. The third-order valence-electron chi connectivity index (χ3n) is 5.62. The molecule has 0 saturated carbocycles. The number of anilines is 1. The Balaban J connectivity index is 1.47. The molecular formula is C28H21BrFN3. The summed E-state index contributed by atoms with van der Waals surface area (Å²) in [5.74, 6) is -0.284. The van der Waals surface area contributed by atoms with Gasteiger partial charge < -0.3 is 0 Å². The highest BCUT2D eigenvalue weighted by molar-refractivity contribution is 9.10. The first-order valence-corrected chi connectivity index (χ1v) is 11.5. The molecule has 1 unspecified atom stereocenters. The third-order valence-corrected chi connectivity index (χ3v) is 6.15. The van der Waals surface area contributed by atoms with Crippen molar-refractivity contribution in [3.05, 3.63) is 130 Å². The molecule has 0 aromatic heterocycles. The highest BCUT2D eigenvalue weighted by Gasteiger charge is 2.29. The molecule has 5 rings (SSSR count). The molecule has 0 radical (unpaired) electrons. The molecule has 33 heavy (non-hydrogen) atoms. The van der Waals surface area contributed by atoms with E-state index in [2.05, 4.69) is 62.3 Å². The summed E-state index contributed by atoms with van der Waals surface area (Å²) in [5, 5.41) is 7.10. The van der Waals surface area contributed by atoms with Crippen LogP contribution in [-0.2, 0) is 0 Å². The van der Waals surface area contributed by atoms with Crippen molar-refractivity contribution in [1.82, 2.24) is 0 Å². The molecular weight excluding hydrogens is 477 g/mol. The Labute approximate surface area is 201 Å². The monoisotopic (exact) mass is 497 g/mol. The number of benzene rings is 4. The molecule has 0 fully saturated rings. The van der Waals surface area contributed by atoms with Crippen LogP contribution in [0, 0.1) is 5.82 Å². The Morgan fingerprint density at radius 2 is 1.64 bits per heavy atom. The standard InChI is InChI=1S/C28H21BrFN3/c29-23-15-13-20(14-16-23)28-18-27(32-33(28)25-10-2-1-3-11-25)21-8-6-9-24(17-21)31-19-22-7-4-5-12-26(22)30/h1-17,19,28H,18H2. The van der Waals surface area contributed by atoms with Gasteiger partial charge in [-0.05, 0) is 53.6 Å². The Morgan fingerprint density at radius 3 is 2.42 bits per heavy atom. The highest BCUT2D eigenvalue weighted by atomic mass is 79.9. The summed E-state index contributed by atoms with van der Waals surface area (Å²) in [4.78, 5) is 4.49. The fourth-order valence-electron chi connectivity index (χ4n) is 3.94. The maximum absolute atomic E-state index is 13.9. The second-order valence-corrected chi connectivity index (χ2v) is 8.74. The average Bonchev–Trinajstić information content (AvgIpc) is 3.30. The predicted molar refractivity (Wildman–Crippen MR) is 137 cm³/mol. The van der Waals surface area contributed by atoms with E-state index in [1.165, 1.54) is 11.6 Å². The second-order valence-electron chi connectivity index (χ2n) is 7.83. The van der Waals surface area contributed by atoms with Gasteiger partial charge in [-0.2, -0.15) is 5.10 Å². The molecule has 162 valence electrons. The molecule has 4 aromatic carbocycles. The number of hydrazone groups is 1. The summed E-state index contributed by atoms with van der Waals surface area (Å²) in [5.41, 5.74) is 5.49. The van der Waals surface area contributed by atoms with Gasteiger partial charge in [0.15, 0.2) is 0 Å². The number of nitrogens with zero attached hydrogens (tertiary/aromatic N) is 3. The van der Waals surface area contributed by atoms with Crippen LogP contribution in [0.2, 0.25) is 0 Å². The first-order chi connectivity index (χ1) is 16.2. The molecule has 1 aliphatic heterocycles. The molecule has 3 nitrogen and oxygen atoms in total. The van der Waals surface area contributed by atoms with E-state index in [0.29, 0.717) is 5.56 Å². The van der Waals surface area contributed by atoms with Gasteiger partial charge in [0.25, 0.3) is 0 Å². The summed E-state index contributed by atoms with van der Waals surface area (Å²) in [6.07, 6.45) is 2.34. The van der Waals surface area contributed by atoms with E-state index in [9.17, 15) is 4.39 Å². The molecule has 0 aliphatic carbocycles. The van der Waals surface area contributed by atoms with Gasteiger partial charge in [0, 0.05) is 22.7 Å². The van der Waals surface area contributed by atoms with Crippen molar-refractivity contribution >= 4 is 39.2 Å². The van der Waals surface area contributed by atoms with Gasteiger partial charge in [0.05, 0.1) is 23.1 Å². The number of hydrogen-bond donors (Lipinski definition) is 0. The zero-order valence-corrected chi connectivity index (χ0v) is 19.4. The first kappa shape index (κ1) is 21.3. The average molecular weight is 498 g/mol. The van der Waals surface area contributed by atoms with Gasteiger partial charge in [-0.1, -0.05) is 76.6 Å². The Hall–Kier alpha value is -3.57. The van der Waals surface area contributed by atoms with E-state index in [1.54, 1.807) is 24.4 Å². The second kappa shape index (κ2) is 9.51. The van der Waals surface area contributed by atoms with E-state index in [4.69, 9.17) is 5.10 Å². The Kier molecular flexibility index (Phi) is 6.13. The zero-order chi connectivity index (χ0) is 22.6. The summed E-state index contributed by atoms with van der Waals surface area (Å²) in [6, 6.07) is 33.3. The zero-order valence-electron chi connectivity index (χ0n) is 17.8. The smallest absolute Gasteiger partial charge is 0.131 e. The Bertz CT molecular complexity index is 1320. The topological polar surface area (TPSA) is 28.0 Å². The summed E-state index contributed by atoms with van der Waals surface area (Å²) in [6.45, 7) is 0.